The minimum atomic E-state index is -0.289. The van der Waals surface area contributed by atoms with Crippen molar-refractivity contribution < 1.29 is 9.53 Å². The molecule has 146 valence electrons. The summed E-state index contributed by atoms with van der Waals surface area (Å²) in [4.78, 5) is 12.7. The zero-order valence-electron chi connectivity index (χ0n) is 16.1. The highest BCUT2D eigenvalue weighted by atomic mass is 32.2. The van der Waals surface area contributed by atoms with E-state index in [1.54, 1.807) is 4.68 Å². The van der Waals surface area contributed by atoms with Crippen LogP contribution in [0.15, 0.2) is 29.4 Å². The van der Waals surface area contributed by atoms with Crippen LogP contribution in [0.4, 0.5) is 0 Å². The maximum absolute atomic E-state index is 12.7. The predicted octanol–water partition coefficient (Wildman–Crippen LogP) is 3.24. The van der Waals surface area contributed by atoms with Gasteiger partial charge in [0.15, 0.2) is 0 Å². The van der Waals surface area contributed by atoms with E-state index in [2.05, 4.69) is 27.8 Å². The summed E-state index contributed by atoms with van der Waals surface area (Å²) >= 11 is 1.36. The summed E-state index contributed by atoms with van der Waals surface area (Å²) in [5.74, 6) is 1.27. The van der Waals surface area contributed by atoms with Gasteiger partial charge in [0, 0.05) is 6.04 Å². The topological polar surface area (TPSA) is 81.9 Å². The van der Waals surface area contributed by atoms with E-state index in [4.69, 9.17) is 4.74 Å². The zero-order valence-corrected chi connectivity index (χ0v) is 16.9. The smallest absolute Gasteiger partial charge is 0.233 e. The van der Waals surface area contributed by atoms with Crippen molar-refractivity contribution in [1.29, 1.82) is 0 Å². The number of hydrogen-bond donors (Lipinski definition) is 1. The van der Waals surface area contributed by atoms with Gasteiger partial charge in [0.2, 0.25) is 11.1 Å². The van der Waals surface area contributed by atoms with Gasteiger partial charge in [-0.25, -0.2) is 0 Å². The van der Waals surface area contributed by atoms with Crippen LogP contribution in [0.25, 0.3) is 5.69 Å². The van der Waals surface area contributed by atoms with Crippen molar-refractivity contribution in [3.8, 4) is 11.4 Å². The van der Waals surface area contributed by atoms with E-state index in [1.807, 2.05) is 38.1 Å². The second-order valence-corrected chi connectivity index (χ2v) is 8.22. The first-order valence-electron chi connectivity index (χ1n) is 9.57. The first kappa shape index (κ1) is 19.7. The van der Waals surface area contributed by atoms with E-state index in [9.17, 15) is 4.79 Å². The third-order valence-electron chi connectivity index (χ3n) is 4.92. The van der Waals surface area contributed by atoms with Crippen LogP contribution in [0.3, 0.4) is 0 Å². The highest BCUT2D eigenvalue weighted by molar-refractivity contribution is 8.00. The maximum atomic E-state index is 12.7. The molecule has 2 aromatic rings. The van der Waals surface area contributed by atoms with Crippen molar-refractivity contribution in [3.05, 3.63) is 24.3 Å². The predicted molar refractivity (Wildman–Crippen MR) is 105 cm³/mol. The molecule has 0 bridgehead atoms. The Hall–Kier alpha value is -2.09. The molecule has 0 radical (unpaired) electrons. The largest absolute Gasteiger partial charge is 0.492 e. The van der Waals surface area contributed by atoms with Gasteiger partial charge in [-0.05, 0) is 55.2 Å². The maximum Gasteiger partial charge on any atom is 0.233 e. The molecule has 0 aliphatic heterocycles. The van der Waals surface area contributed by atoms with Crippen LogP contribution >= 0.6 is 11.8 Å². The molecule has 1 N–H and O–H groups in total. The molecule has 1 aliphatic rings. The van der Waals surface area contributed by atoms with Crippen LogP contribution < -0.4 is 10.1 Å². The van der Waals surface area contributed by atoms with E-state index in [1.165, 1.54) is 31.0 Å². The van der Waals surface area contributed by atoms with Gasteiger partial charge in [-0.1, -0.05) is 43.7 Å². The molecular formula is C19H27N5O2S. The number of para-hydroxylation sites is 2. The molecule has 7 nitrogen and oxygen atoms in total. The molecular weight excluding hydrogens is 362 g/mol. The van der Waals surface area contributed by atoms with Gasteiger partial charge >= 0.3 is 0 Å². The number of nitrogens with one attached hydrogen (secondary N) is 1. The monoisotopic (exact) mass is 389 g/mol. The molecule has 1 amide bonds. The fourth-order valence-electron chi connectivity index (χ4n) is 3.36. The second kappa shape index (κ2) is 9.21. The number of aromatic nitrogens is 4. The number of benzene rings is 1. The fourth-order valence-corrected chi connectivity index (χ4v) is 4.17. The molecule has 1 aliphatic carbocycles. The summed E-state index contributed by atoms with van der Waals surface area (Å²) in [6.45, 7) is 6.60. The van der Waals surface area contributed by atoms with Crippen molar-refractivity contribution in [1.82, 2.24) is 25.5 Å². The summed E-state index contributed by atoms with van der Waals surface area (Å²) in [6, 6.07) is 7.88. The number of carbonyl (C=O) groups excluding carboxylic acids is 1. The van der Waals surface area contributed by atoms with Gasteiger partial charge in [0.1, 0.15) is 11.4 Å². The highest BCUT2D eigenvalue weighted by Crippen LogP contribution is 2.29. The van der Waals surface area contributed by atoms with Crippen molar-refractivity contribution in [2.45, 2.75) is 62.9 Å². The van der Waals surface area contributed by atoms with Crippen LogP contribution in [0.5, 0.6) is 5.75 Å². The average Bonchev–Trinajstić information content (AvgIpc) is 3.12. The first-order chi connectivity index (χ1) is 13.1. The summed E-state index contributed by atoms with van der Waals surface area (Å²) in [5, 5.41) is 15.5. The number of ether oxygens (including phenoxy) is 1. The molecule has 8 heteroatoms. The molecule has 0 spiro atoms. The van der Waals surface area contributed by atoms with Gasteiger partial charge in [-0.15, -0.1) is 5.10 Å². The normalized spacial score (nSPS) is 20.9. The molecule has 1 saturated carbocycles. The molecule has 3 rings (SSSR count). The van der Waals surface area contributed by atoms with E-state index < -0.39 is 0 Å². The third-order valence-corrected chi connectivity index (χ3v) is 5.96. The van der Waals surface area contributed by atoms with Gasteiger partial charge < -0.3 is 10.1 Å². The summed E-state index contributed by atoms with van der Waals surface area (Å²) in [7, 11) is 0. The molecule has 1 fully saturated rings. The number of carbonyl (C=O) groups is 1. The van der Waals surface area contributed by atoms with Crippen LogP contribution in [0, 0.1) is 5.92 Å². The number of thioether (sulfide) groups is 1. The summed E-state index contributed by atoms with van der Waals surface area (Å²) in [6.07, 6.45) is 4.68. The number of hydrogen-bond acceptors (Lipinski definition) is 6. The standard InChI is InChI=1S/C19H27N5O2S/c1-4-26-17-12-8-7-11-16(17)24-19(21-22-23-24)27-14(3)18(25)20-15-10-6-5-9-13(15)2/h7-8,11-15H,4-6,9-10H2,1-3H3,(H,20,25). The van der Waals surface area contributed by atoms with E-state index >= 15 is 0 Å². The van der Waals surface area contributed by atoms with Crippen molar-refractivity contribution in [3.63, 3.8) is 0 Å². The minimum absolute atomic E-state index is 0.0337. The minimum Gasteiger partial charge on any atom is -0.492 e. The Kier molecular flexibility index (Phi) is 6.71. The van der Waals surface area contributed by atoms with Gasteiger partial charge in [-0.3, -0.25) is 4.79 Å². The number of nitrogens with zero attached hydrogens (tertiary/aromatic N) is 4. The van der Waals surface area contributed by atoms with Crippen LogP contribution in [-0.2, 0) is 4.79 Å². The van der Waals surface area contributed by atoms with Gasteiger partial charge in [0.05, 0.1) is 11.9 Å². The van der Waals surface area contributed by atoms with Crippen molar-refractivity contribution in [2.75, 3.05) is 6.61 Å². The fraction of sp³-hybridized carbons (Fsp3) is 0.579. The zero-order chi connectivity index (χ0) is 19.2. The molecule has 1 aromatic carbocycles. The Morgan fingerprint density at radius 3 is 2.93 bits per heavy atom. The Balaban J connectivity index is 1.70. The van der Waals surface area contributed by atoms with Crippen molar-refractivity contribution >= 4 is 17.7 Å². The molecule has 0 saturated heterocycles. The molecule has 3 unspecified atom stereocenters. The average molecular weight is 390 g/mol. The molecule has 1 aromatic heterocycles. The molecule has 3 atom stereocenters. The lowest BCUT2D eigenvalue weighted by atomic mass is 9.86. The lowest BCUT2D eigenvalue weighted by Crippen LogP contribution is -2.44. The number of rotatable bonds is 7. The van der Waals surface area contributed by atoms with Crippen LogP contribution in [0.2, 0.25) is 0 Å². The van der Waals surface area contributed by atoms with Gasteiger partial charge in [-0.2, -0.15) is 4.68 Å². The van der Waals surface area contributed by atoms with Crippen molar-refractivity contribution in [2.24, 2.45) is 5.92 Å². The summed E-state index contributed by atoms with van der Waals surface area (Å²) < 4.78 is 7.30. The number of amides is 1. The SMILES string of the molecule is CCOc1ccccc1-n1nnnc1SC(C)C(=O)NC1CCCCC1C. The third kappa shape index (κ3) is 4.80. The Labute approximate surface area is 164 Å². The Morgan fingerprint density at radius 1 is 1.37 bits per heavy atom. The lowest BCUT2D eigenvalue weighted by molar-refractivity contribution is -0.121. The van der Waals surface area contributed by atoms with E-state index in [0.717, 1.165) is 12.1 Å². The lowest BCUT2D eigenvalue weighted by Gasteiger charge is -2.30. The molecule has 1 heterocycles. The Morgan fingerprint density at radius 2 is 2.15 bits per heavy atom. The van der Waals surface area contributed by atoms with Gasteiger partial charge in [0.25, 0.3) is 0 Å². The van der Waals surface area contributed by atoms with Crippen LogP contribution in [0.1, 0.15) is 46.5 Å². The number of tetrazole rings is 1. The molecule has 27 heavy (non-hydrogen) atoms. The quantitative estimate of drug-likeness (QED) is 0.732. The first-order valence-corrected chi connectivity index (χ1v) is 10.5. The van der Waals surface area contributed by atoms with E-state index in [-0.39, 0.29) is 17.2 Å². The summed E-state index contributed by atoms with van der Waals surface area (Å²) in [5.41, 5.74) is 0.764. The van der Waals surface area contributed by atoms with E-state index in [0.29, 0.717) is 23.4 Å². The second-order valence-electron chi connectivity index (χ2n) is 6.91. The Bertz CT molecular complexity index is 766. The van der Waals surface area contributed by atoms with Crippen LogP contribution in [-0.4, -0.2) is 44.0 Å². The highest BCUT2D eigenvalue weighted by Gasteiger charge is 2.26.